The molecule has 3 nitrogen and oxygen atoms in total. The Kier molecular flexibility index (Phi) is 3.64. The summed E-state index contributed by atoms with van der Waals surface area (Å²) in [6.07, 6.45) is 9.56. The molecule has 1 fully saturated rings. The van der Waals surface area contributed by atoms with E-state index in [9.17, 15) is 0 Å². The Balaban J connectivity index is 1.94. The van der Waals surface area contributed by atoms with E-state index in [4.69, 9.17) is 0 Å². The van der Waals surface area contributed by atoms with Gasteiger partial charge in [0, 0.05) is 24.5 Å². The summed E-state index contributed by atoms with van der Waals surface area (Å²) in [5.41, 5.74) is 1.77. The van der Waals surface area contributed by atoms with E-state index in [1.165, 1.54) is 44.3 Å². The molecule has 2 rings (SSSR count). The maximum absolute atomic E-state index is 4.23. The van der Waals surface area contributed by atoms with Gasteiger partial charge in [-0.2, -0.15) is 5.10 Å². The molecule has 1 atom stereocenters. The predicted molar refractivity (Wildman–Crippen MR) is 66.4 cm³/mol. The molecule has 3 heteroatoms. The number of rotatable bonds is 5. The van der Waals surface area contributed by atoms with Crippen LogP contribution in [-0.4, -0.2) is 21.9 Å². The highest BCUT2D eigenvalue weighted by molar-refractivity contribution is 5.03. The molecule has 0 bridgehead atoms. The van der Waals surface area contributed by atoms with Gasteiger partial charge in [0.25, 0.3) is 0 Å². The molecule has 90 valence electrons. The third kappa shape index (κ3) is 2.46. The molecule has 0 spiro atoms. The minimum Gasteiger partial charge on any atom is -0.311 e. The second-order valence-electron chi connectivity index (χ2n) is 5.01. The Bertz CT molecular complexity index is 324. The number of nitrogens with zero attached hydrogens (tertiary/aromatic N) is 2. The zero-order chi connectivity index (χ0) is 11.4. The Morgan fingerprint density at radius 3 is 2.94 bits per heavy atom. The first-order chi connectivity index (χ1) is 7.76. The van der Waals surface area contributed by atoms with Gasteiger partial charge >= 0.3 is 0 Å². The molecule has 1 saturated heterocycles. The fraction of sp³-hybridized carbons (Fsp3) is 0.769. The fourth-order valence-corrected chi connectivity index (χ4v) is 2.91. The summed E-state index contributed by atoms with van der Waals surface area (Å²) >= 11 is 0. The van der Waals surface area contributed by atoms with E-state index in [-0.39, 0.29) is 0 Å². The van der Waals surface area contributed by atoms with Gasteiger partial charge in [0.1, 0.15) is 0 Å². The first-order valence-corrected chi connectivity index (χ1v) is 6.48. The Labute approximate surface area is 98.2 Å². The molecule has 1 unspecified atom stereocenters. The third-order valence-corrected chi connectivity index (χ3v) is 3.84. The highest BCUT2D eigenvalue weighted by Crippen LogP contribution is 2.29. The molecule has 0 aliphatic carbocycles. The van der Waals surface area contributed by atoms with Crippen molar-refractivity contribution in [1.29, 1.82) is 0 Å². The lowest BCUT2D eigenvalue weighted by Crippen LogP contribution is -2.40. The van der Waals surface area contributed by atoms with Crippen molar-refractivity contribution in [2.24, 2.45) is 7.05 Å². The van der Waals surface area contributed by atoms with Gasteiger partial charge in [0.2, 0.25) is 0 Å². The van der Waals surface area contributed by atoms with Crippen molar-refractivity contribution >= 4 is 0 Å². The summed E-state index contributed by atoms with van der Waals surface area (Å²) in [4.78, 5) is 0. The highest BCUT2D eigenvalue weighted by Gasteiger charge is 2.31. The van der Waals surface area contributed by atoms with Crippen LogP contribution in [0.15, 0.2) is 12.3 Å². The standard InChI is InChI=1S/C13H23N3/c1-3-7-13(8-4-10-14-13)9-5-12-6-11-15-16(12)2/h6,11,14H,3-5,7-10H2,1-2H3. The smallest absolute Gasteiger partial charge is 0.0492 e. The van der Waals surface area contributed by atoms with Crippen LogP contribution in [0.5, 0.6) is 0 Å². The van der Waals surface area contributed by atoms with Gasteiger partial charge in [-0.3, -0.25) is 4.68 Å². The number of aromatic nitrogens is 2. The summed E-state index contributed by atoms with van der Waals surface area (Å²) in [7, 11) is 2.03. The second kappa shape index (κ2) is 5.00. The van der Waals surface area contributed by atoms with Gasteiger partial charge in [0.15, 0.2) is 0 Å². The Morgan fingerprint density at radius 2 is 2.38 bits per heavy atom. The topological polar surface area (TPSA) is 29.9 Å². The summed E-state index contributed by atoms with van der Waals surface area (Å²) in [5.74, 6) is 0. The van der Waals surface area contributed by atoms with E-state index in [2.05, 4.69) is 23.4 Å². The van der Waals surface area contributed by atoms with Crippen molar-refractivity contribution in [3.8, 4) is 0 Å². The van der Waals surface area contributed by atoms with Crippen LogP contribution in [0.4, 0.5) is 0 Å². The van der Waals surface area contributed by atoms with E-state index in [0.29, 0.717) is 5.54 Å². The van der Waals surface area contributed by atoms with Crippen molar-refractivity contribution in [2.45, 2.75) is 51.0 Å². The van der Waals surface area contributed by atoms with Gasteiger partial charge < -0.3 is 5.32 Å². The quantitative estimate of drug-likeness (QED) is 0.826. The maximum Gasteiger partial charge on any atom is 0.0492 e. The molecule has 2 heterocycles. The highest BCUT2D eigenvalue weighted by atomic mass is 15.2. The lowest BCUT2D eigenvalue weighted by atomic mass is 9.86. The largest absolute Gasteiger partial charge is 0.311 e. The molecule has 0 aromatic carbocycles. The molecular formula is C13H23N3. The number of aryl methyl sites for hydroxylation is 2. The van der Waals surface area contributed by atoms with Crippen LogP contribution in [0.25, 0.3) is 0 Å². The fourth-order valence-electron chi connectivity index (χ4n) is 2.91. The van der Waals surface area contributed by atoms with Crippen LogP contribution in [0.1, 0.15) is 44.7 Å². The van der Waals surface area contributed by atoms with Gasteiger partial charge in [-0.15, -0.1) is 0 Å². The minimum atomic E-state index is 0.416. The van der Waals surface area contributed by atoms with Crippen LogP contribution in [0, 0.1) is 0 Å². The van der Waals surface area contributed by atoms with Crippen molar-refractivity contribution in [1.82, 2.24) is 15.1 Å². The van der Waals surface area contributed by atoms with E-state index < -0.39 is 0 Å². The predicted octanol–water partition coefficient (Wildman–Crippen LogP) is 2.27. The molecule has 16 heavy (non-hydrogen) atoms. The van der Waals surface area contributed by atoms with Gasteiger partial charge in [-0.05, 0) is 44.7 Å². The number of hydrogen-bond donors (Lipinski definition) is 1. The van der Waals surface area contributed by atoms with Gasteiger partial charge in [-0.1, -0.05) is 13.3 Å². The summed E-state index contributed by atoms with van der Waals surface area (Å²) in [5, 5.41) is 7.95. The maximum atomic E-state index is 4.23. The van der Waals surface area contributed by atoms with E-state index in [1.807, 2.05) is 17.9 Å². The summed E-state index contributed by atoms with van der Waals surface area (Å²) in [6.45, 7) is 3.48. The Morgan fingerprint density at radius 1 is 1.50 bits per heavy atom. The number of nitrogens with one attached hydrogen (secondary N) is 1. The van der Waals surface area contributed by atoms with Crippen molar-refractivity contribution in [3.63, 3.8) is 0 Å². The molecule has 1 N–H and O–H groups in total. The lowest BCUT2D eigenvalue weighted by molar-refractivity contribution is 0.317. The van der Waals surface area contributed by atoms with Crippen LogP contribution in [0.2, 0.25) is 0 Å². The van der Waals surface area contributed by atoms with Gasteiger partial charge in [-0.25, -0.2) is 0 Å². The third-order valence-electron chi connectivity index (χ3n) is 3.84. The molecule has 0 radical (unpaired) electrons. The average molecular weight is 221 g/mol. The molecule has 1 aliphatic heterocycles. The summed E-state index contributed by atoms with van der Waals surface area (Å²) in [6, 6.07) is 2.13. The zero-order valence-corrected chi connectivity index (χ0v) is 10.5. The van der Waals surface area contributed by atoms with E-state index >= 15 is 0 Å². The molecule has 1 aromatic rings. The molecule has 0 saturated carbocycles. The average Bonchev–Trinajstić information content (AvgIpc) is 2.86. The second-order valence-corrected chi connectivity index (χ2v) is 5.01. The lowest BCUT2D eigenvalue weighted by Gasteiger charge is -2.29. The van der Waals surface area contributed by atoms with E-state index in [1.54, 1.807) is 0 Å². The molecule has 1 aliphatic rings. The normalized spacial score (nSPS) is 25.1. The first kappa shape index (κ1) is 11.6. The number of hydrogen-bond acceptors (Lipinski definition) is 2. The van der Waals surface area contributed by atoms with Crippen molar-refractivity contribution < 1.29 is 0 Å². The van der Waals surface area contributed by atoms with Crippen molar-refractivity contribution in [3.05, 3.63) is 18.0 Å². The minimum absolute atomic E-state index is 0.416. The SMILES string of the molecule is CCCC1(CCc2ccnn2C)CCCN1. The van der Waals surface area contributed by atoms with Crippen LogP contribution < -0.4 is 5.32 Å². The van der Waals surface area contributed by atoms with Crippen LogP contribution in [-0.2, 0) is 13.5 Å². The van der Waals surface area contributed by atoms with Crippen molar-refractivity contribution in [2.75, 3.05) is 6.54 Å². The van der Waals surface area contributed by atoms with Crippen LogP contribution in [0.3, 0.4) is 0 Å². The monoisotopic (exact) mass is 221 g/mol. The molecule has 0 amide bonds. The molecule has 1 aromatic heterocycles. The van der Waals surface area contributed by atoms with Crippen LogP contribution >= 0.6 is 0 Å². The Hall–Kier alpha value is -0.830. The first-order valence-electron chi connectivity index (χ1n) is 6.48. The van der Waals surface area contributed by atoms with Gasteiger partial charge in [0.05, 0.1) is 0 Å². The zero-order valence-electron chi connectivity index (χ0n) is 10.5. The van der Waals surface area contributed by atoms with E-state index in [0.717, 1.165) is 6.42 Å². The summed E-state index contributed by atoms with van der Waals surface area (Å²) < 4.78 is 1.99. The molecular weight excluding hydrogens is 198 g/mol.